The van der Waals surface area contributed by atoms with Crippen molar-refractivity contribution in [1.29, 1.82) is 5.26 Å². The first kappa shape index (κ1) is 24.9. The molecule has 172 valence electrons. The van der Waals surface area contributed by atoms with Crippen molar-refractivity contribution < 1.29 is 32.2 Å². The molecule has 2 aromatic rings. The van der Waals surface area contributed by atoms with E-state index >= 15 is 0 Å². The largest absolute Gasteiger partial charge is 0.497 e. The Labute approximate surface area is 185 Å². The second-order valence-electron chi connectivity index (χ2n) is 7.87. The molecule has 0 fully saturated rings. The van der Waals surface area contributed by atoms with Gasteiger partial charge in [-0.3, -0.25) is 4.79 Å². The lowest BCUT2D eigenvalue weighted by atomic mass is 10.1. The highest BCUT2D eigenvalue weighted by Gasteiger charge is 2.34. The topological polar surface area (TPSA) is 71.8 Å². The van der Waals surface area contributed by atoms with Crippen LogP contribution in [-0.4, -0.2) is 38.4 Å². The third kappa shape index (κ3) is 7.38. The standard InChI is InChI=1S/C23H25F3N2O4/c1-22(2,3)32-21(29)15-28(11-12-31-19-9-7-18(30-4)8-10-19)17-6-5-16(14-27)20(13-17)23(24,25)26/h5-10,13H,11-12,15H2,1-4H3. The minimum Gasteiger partial charge on any atom is -0.497 e. The molecular weight excluding hydrogens is 425 g/mol. The Morgan fingerprint density at radius 2 is 1.69 bits per heavy atom. The highest BCUT2D eigenvalue weighted by Crippen LogP contribution is 2.34. The summed E-state index contributed by atoms with van der Waals surface area (Å²) in [5.74, 6) is 0.597. The van der Waals surface area contributed by atoms with Crippen LogP contribution >= 0.6 is 0 Å². The lowest BCUT2D eigenvalue weighted by molar-refractivity contribution is -0.153. The van der Waals surface area contributed by atoms with E-state index in [4.69, 9.17) is 19.5 Å². The van der Waals surface area contributed by atoms with Gasteiger partial charge in [0.25, 0.3) is 0 Å². The van der Waals surface area contributed by atoms with Crippen LogP contribution in [0.3, 0.4) is 0 Å². The van der Waals surface area contributed by atoms with Crippen LogP contribution in [0.5, 0.6) is 11.5 Å². The summed E-state index contributed by atoms with van der Waals surface area (Å²) >= 11 is 0. The molecule has 0 spiro atoms. The fourth-order valence-electron chi connectivity index (χ4n) is 2.84. The van der Waals surface area contributed by atoms with Crippen LogP contribution in [0.4, 0.5) is 18.9 Å². The number of esters is 1. The Kier molecular flexibility index (Phi) is 7.97. The zero-order valence-corrected chi connectivity index (χ0v) is 18.3. The summed E-state index contributed by atoms with van der Waals surface area (Å²) in [6.45, 7) is 5.01. The summed E-state index contributed by atoms with van der Waals surface area (Å²) < 4.78 is 56.3. The van der Waals surface area contributed by atoms with Crippen LogP contribution in [0.25, 0.3) is 0 Å². The van der Waals surface area contributed by atoms with E-state index in [1.165, 1.54) is 18.1 Å². The Balaban J connectivity index is 2.23. The number of methoxy groups -OCH3 is 1. The van der Waals surface area contributed by atoms with Crippen LogP contribution < -0.4 is 14.4 Å². The van der Waals surface area contributed by atoms with Crippen molar-refractivity contribution in [2.75, 3.05) is 31.7 Å². The predicted octanol–water partition coefficient (Wildman–Crippen LogP) is 4.81. The molecule has 0 amide bonds. The number of carbonyl (C=O) groups is 1. The molecule has 9 heteroatoms. The maximum atomic E-state index is 13.4. The minimum atomic E-state index is -4.71. The van der Waals surface area contributed by atoms with Gasteiger partial charge < -0.3 is 19.1 Å². The number of hydrogen-bond donors (Lipinski definition) is 0. The number of ether oxygens (including phenoxy) is 3. The summed E-state index contributed by atoms with van der Waals surface area (Å²) in [4.78, 5) is 13.8. The summed E-state index contributed by atoms with van der Waals surface area (Å²) in [5, 5.41) is 9.02. The number of nitrogens with zero attached hydrogens (tertiary/aromatic N) is 2. The van der Waals surface area contributed by atoms with Crippen LogP contribution in [0, 0.1) is 11.3 Å². The number of nitriles is 1. The number of carbonyl (C=O) groups excluding carboxylic acids is 1. The van der Waals surface area contributed by atoms with E-state index < -0.39 is 28.9 Å². The van der Waals surface area contributed by atoms with Crippen LogP contribution in [0.15, 0.2) is 42.5 Å². The van der Waals surface area contributed by atoms with Gasteiger partial charge in [0.1, 0.15) is 30.3 Å². The van der Waals surface area contributed by atoms with Crippen molar-refractivity contribution in [2.24, 2.45) is 0 Å². The number of rotatable bonds is 8. The van der Waals surface area contributed by atoms with Crippen molar-refractivity contribution >= 4 is 11.7 Å². The molecule has 0 heterocycles. The molecule has 6 nitrogen and oxygen atoms in total. The highest BCUT2D eigenvalue weighted by atomic mass is 19.4. The van der Waals surface area contributed by atoms with Crippen LogP contribution in [0.1, 0.15) is 31.9 Å². The fourth-order valence-corrected chi connectivity index (χ4v) is 2.84. The molecule has 2 rings (SSSR count). The number of benzene rings is 2. The Morgan fingerprint density at radius 3 is 2.22 bits per heavy atom. The lowest BCUT2D eigenvalue weighted by Crippen LogP contribution is -2.37. The van der Waals surface area contributed by atoms with Gasteiger partial charge >= 0.3 is 12.1 Å². The quantitative estimate of drug-likeness (QED) is 0.538. The van der Waals surface area contributed by atoms with E-state index in [1.807, 2.05) is 0 Å². The van der Waals surface area contributed by atoms with Crippen molar-refractivity contribution in [3.05, 3.63) is 53.6 Å². The third-order valence-electron chi connectivity index (χ3n) is 4.22. The number of halogens is 3. The van der Waals surface area contributed by atoms with E-state index in [2.05, 4.69) is 0 Å². The van der Waals surface area contributed by atoms with Crippen molar-refractivity contribution in [3.8, 4) is 17.6 Å². The van der Waals surface area contributed by atoms with Crippen LogP contribution in [0.2, 0.25) is 0 Å². The van der Waals surface area contributed by atoms with Gasteiger partial charge in [0.2, 0.25) is 0 Å². The molecule has 0 radical (unpaired) electrons. The number of alkyl halides is 3. The summed E-state index contributed by atoms with van der Waals surface area (Å²) in [7, 11) is 1.54. The molecule has 2 aromatic carbocycles. The summed E-state index contributed by atoms with van der Waals surface area (Å²) in [6.07, 6.45) is -4.71. The maximum absolute atomic E-state index is 13.4. The fraction of sp³-hybridized carbons (Fsp3) is 0.391. The summed E-state index contributed by atoms with van der Waals surface area (Å²) in [5.41, 5.74) is -2.18. The Bertz CT molecular complexity index is 961. The minimum absolute atomic E-state index is 0.0937. The average Bonchev–Trinajstić information content (AvgIpc) is 2.71. The van der Waals surface area contributed by atoms with Gasteiger partial charge in [-0.1, -0.05) is 0 Å². The second-order valence-corrected chi connectivity index (χ2v) is 7.87. The first-order valence-corrected chi connectivity index (χ1v) is 9.78. The van der Waals surface area contributed by atoms with E-state index in [1.54, 1.807) is 51.1 Å². The predicted molar refractivity (Wildman–Crippen MR) is 113 cm³/mol. The summed E-state index contributed by atoms with van der Waals surface area (Å²) in [6, 6.07) is 11.7. The van der Waals surface area contributed by atoms with Crippen molar-refractivity contribution in [1.82, 2.24) is 0 Å². The van der Waals surface area contributed by atoms with E-state index in [9.17, 15) is 18.0 Å². The first-order valence-electron chi connectivity index (χ1n) is 9.78. The first-order chi connectivity index (χ1) is 14.9. The maximum Gasteiger partial charge on any atom is 0.417 e. The van der Waals surface area contributed by atoms with Gasteiger partial charge in [0.05, 0.1) is 30.9 Å². The van der Waals surface area contributed by atoms with Gasteiger partial charge in [0.15, 0.2) is 0 Å². The van der Waals surface area contributed by atoms with Crippen molar-refractivity contribution in [2.45, 2.75) is 32.5 Å². The Hall–Kier alpha value is -3.41. The van der Waals surface area contributed by atoms with E-state index in [0.29, 0.717) is 11.5 Å². The normalized spacial score (nSPS) is 11.4. The second kappa shape index (κ2) is 10.3. The van der Waals surface area contributed by atoms with Crippen LogP contribution in [-0.2, 0) is 15.7 Å². The molecule has 0 aliphatic heterocycles. The van der Waals surface area contributed by atoms with Gasteiger partial charge in [0, 0.05) is 5.69 Å². The molecule has 0 unspecified atom stereocenters. The molecular formula is C23H25F3N2O4. The van der Waals surface area contributed by atoms with Gasteiger partial charge in [-0.15, -0.1) is 0 Å². The molecule has 0 saturated heterocycles. The van der Waals surface area contributed by atoms with E-state index in [-0.39, 0.29) is 25.4 Å². The number of anilines is 1. The molecule has 0 aliphatic rings. The third-order valence-corrected chi connectivity index (χ3v) is 4.22. The molecule has 32 heavy (non-hydrogen) atoms. The molecule has 0 aliphatic carbocycles. The van der Waals surface area contributed by atoms with Gasteiger partial charge in [-0.2, -0.15) is 18.4 Å². The monoisotopic (exact) mass is 450 g/mol. The zero-order valence-electron chi connectivity index (χ0n) is 18.3. The van der Waals surface area contributed by atoms with Gasteiger partial charge in [-0.05, 0) is 63.2 Å². The zero-order chi connectivity index (χ0) is 23.9. The smallest absolute Gasteiger partial charge is 0.417 e. The lowest BCUT2D eigenvalue weighted by Gasteiger charge is -2.27. The molecule has 0 atom stereocenters. The van der Waals surface area contributed by atoms with Gasteiger partial charge in [-0.25, -0.2) is 0 Å². The molecule has 0 bridgehead atoms. The number of hydrogen-bond acceptors (Lipinski definition) is 6. The van der Waals surface area contributed by atoms with E-state index in [0.717, 1.165) is 12.1 Å². The molecule has 0 saturated carbocycles. The SMILES string of the molecule is COc1ccc(OCCN(CC(=O)OC(C)(C)C)c2ccc(C#N)c(C(F)(F)F)c2)cc1. The molecule has 0 N–H and O–H groups in total. The molecule has 0 aromatic heterocycles. The Morgan fingerprint density at radius 1 is 1.06 bits per heavy atom. The average molecular weight is 450 g/mol. The highest BCUT2D eigenvalue weighted by molar-refractivity contribution is 5.76. The van der Waals surface area contributed by atoms with Crippen molar-refractivity contribution in [3.63, 3.8) is 0 Å².